The molecule has 0 unspecified atom stereocenters. The summed E-state index contributed by atoms with van der Waals surface area (Å²) in [5, 5.41) is 3.45. The molecule has 2 amide bonds. The molecule has 3 rings (SSSR count). The molecule has 11 heteroatoms. The Labute approximate surface area is 247 Å². The summed E-state index contributed by atoms with van der Waals surface area (Å²) in [6.45, 7) is 3.51. The molecule has 0 radical (unpaired) electrons. The van der Waals surface area contributed by atoms with Crippen LogP contribution in [0, 0.1) is 3.57 Å². The third kappa shape index (κ3) is 7.40. The van der Waals surface area contributed by atoms with Crippen molar-refractivity contribution in [2.24, 2.45) is 0 Å². The molecule has 0 aromatic heterocycles. The van der Waals surface area contributed by atoms with Gasteiger partial charge >= 0.3 is 0 Å². The van der Waals surface area contributed by atoms with E-state index >= 15 is 0 Å². The van der Waals surface area contributed by atoms with Crippen molar-refractivity contribution in [2.75, 3.05) is 17.4 Å². The summed E-state index contributed by atoms with van der Waals surface area (Å²) in [6.07, 6.45) is 0.327. The maximum atomic E-state index is 13.9. The topological polar surface area (TPSA) is 86.8 Å². The number of halogens is 3. The summed E-state index contributed by atoms with van der Waals surface area (Å²) in [7, 11) is -4.10. The molecule has 202 valence electrons. The fraction of sp³-hybridized carbons (Fsp3) is 0.259. The van der Waals surface area contributed by atoms with Crippen molar-refractivity contribution in [1.82, 2.24) is 10.2 Å². The summed E-state index contributed by atoms with van der Waals surface area (Å²) in [6, 6.07) is 18.9. The number of amides is 2. The van der Waals surface area contributed by atoms with Crippen molar-refractivity contribution in [3.63, 3.8) is 0 Å². The molecule has 38 heavy (non-hydrogen) atoms. The van der Waals surface area contributed by atoms with Crippen LogP contribution in [-0.2, 0) is 26.2 Å². The first-order valence-electron chi connectivity index (χ1n) is 11.9. The molecule has 0 saturated carbocycles. The van der Waals surface area contributed by atoms with Gasteiger partial charge in [-0.25, -0.2) is 8.42 Å². The van der Waals surface area contributed by atoms with Gasteiger partial charge in [-0.15, -0.1) is 0 Å². The zero-order valence-corrected chi connectivity index (χ0v) is 25.4. The molecule has 3 aromatic carbocycles. The number of sulfonamides is 1. The molecule has 0 spiro atoms. The van der Waals surface area contributed by atoms with Gasteiger partial charge in [0.2, 0.25) is 11.8 Å². The highest BCUT2D eigenvalue weighted by Gasteiger charge is 2.33. The molecule has 0 aliphatic rings. The van der Waals surface area contributed by atoms with Crippen molar-refractivity contribution >= 4 is 73.3 Å². The van der Waals surface area contributed by atoms with Crippen molar-refractivity contribution < 1.29 is 18.0 Å². The van der Waals surface area contributed by atoms with E-state index < -0.39 is 28.5 Å². The monoisotopic (exact) mass is 687 g/mol. The number of carbonyl (C=O) groups is 2. The second-order valence-electron chi connectivity index (χ2n) is 8.39. The summed E-state index contributed by atoms with van der Waals surface area (Å²) in [4.78, 5) is 28.3. The molecule has 1 N–H and O–H groups in total. The fourth-order valence-corrected chi connectivity index (χ4v) is 6.02. The minimum Gasteiger partial charge on any atom is -0.355 e. The van der Waals surface area contributed by atoms with Gasteiger partial charge in [0, 0.05) is 16.7 Å². The lowest BCUT2D eigenvalue weighted by molar-refractivity contribution is -0.140. The molecule has 1 atom stereocenters. The smallest absolute Gasteiger partial charge is 0.264 e. The lowest BCUT2D eigenvalue weighted by atomic mass is 10.1. The highest BCUT2D eigenvalue weighted by molar-refractivity contribution is 14.1. The van der Waals surface area contributed by atoms with Gasteiger partial charge in [0.05, 0.1) is 20.6 Å². The molecule has 0 bridgehead atoms. The van der Waals surface area contributed by atoms with Crippen molar-refractivity contribution in [1.29, 1.82) is 0 Å². The fourth-order valence-electron chi connectivity index (χ4n) is 3.90. The van der Waals surface area contributed by atoms with Crippen molar-refractivity contribution in [3.8, 4) is 0 Å². The Hall–Kier alpha value is -2.34. The minimum absolute atomic E-state index is 0.0390. The first-order chi connectivity index (χ1) is 18.1. The van der Waals surface area contributed by atoms with Gasteiger partial charge < -0.3 is 10.2 Å². The molecule has 3 aromatic rings. The highest BCUT2D eigenvalue weighted by atomic mass is 127. The molecule has 0 fully saturated rings. The third-order valence-electron chi connectivity index (χ3n) is 5.80. The summed E-state index contributed by atoms with van der Waals surface area (Å²) < 4.78 is 29.5. The number of anilines is 1. The SMILES string of the molecule is CCNC(=O)[C@@H](CC)N(Cc1ccc(Cl)c(Cl)c1)C(=O)CN(c1ccc(I)cc1)S(=O)(=O)c1ccccc1. The van der Waals surface area contributed by atoms with Gasteiger partial charge in [-0.3, -0.25) is 13.9 Å². The Morgan fingerprint density at radius 3 is 2.18 bits per heavy atom. The van der Waals surface area contributed by atoms with E-state index in [1.165, 1.54) is 17.0 Å². The van der Waals surface area contributed by atoms with E-state index in [0.717, 1.165) is 7.88 Å². The number of carbonyl (C=O) groups excluding carboxylic acids is 2. The molecule has 7 nitrogen and oxygen atoms in total. The average molecular weight is 688 g/mol. The highest BCUT2D eigenvalue weighted by Crippen LogP contribution is 2.27. The Bertz CT molecular complexity index is 1370. The first kappa shape index (κ1) is 30.2. The van der Waals surface area contributed by atoms with Crippen LogP contribution >= 0.6 is 45.8 Å². The Morgan fingerprint density at radius 1 is 0.947 bits per heavy atom. The predicted molar refractivity (Wildman–Crippen MR) is 160 cm³/mol. The largest absolute Gasteiger partial charge is 0.355 e. The zero-order chi connectivity index (χ0) is 27.9. The van der Waals surface area contributed by atoms with Gasteiger partial charge in [0.15, 0.2) is 0 Å². The number of nitrogens with zero attached hydrogens (tertiary/aromatic N) is 2. The normalized spacial score (nSPS) is 12.0. The standard InChI is InChI=1S/C27H28Cl2IN3O4S/c1-3-25(27(35)31-4-2)32(17-19-10-15-23(28)24(29)16-19)26(34)18-33(21-13-11-20(30)12-14-21)38(36,37)22-8-6-5-7-9-22/h5-16,25H,3-4,17-18H2,1-2H3,(H,31,35)/t25-/m1/s1. The maximum absolute atomic E-state index is 13.9. The Morgan fingerprint density at radius 2 is 1.61 bits per heavy atom. The molecule has 0 aliphatic heterocycles. The zero-order valence-electron chi connectivity index (χ0n) is 20.9. The van der Waals surface area contributed by atoms with Crippen LogP contribution in [0.4, 0.5) is 5.69 Å². The second-order valence-corrected chi connectivity index (χ2v) is 12.3. The summed E-state index contributed by atoms with van der Waals surface area (Å²) in [5.41, 5.74) is 0.991. The quantitative estimate of drug-likeness (QED) is 0.261. The van der Waals surface area contributed by atoms with Crippen LogP contribution in [0.25, 0.3) is 0 Å². The van der Waals surface area contributed by atoms with Gasteiger partial charge in [-0.1, -0.05) is 54.4 Å². The van der Waals surface area contributed by atoms with Crippen molar-refractivity contribution in [3.05, 3.63) is 92.0 Å². The number of hydrogen-bond donors (Lipinski definition) is 1. The van der Waals surface area contributed by atoms with E-state index in [1.807, 2.05) is 0 Å². The van der Waals surface area contributed by atoms with Gasteiger partial charge in [0.1, 0.15) is 12.6 Å². The van der Waals surface area contributed by atoms with Crippen LogP contribution in [0.2, 0.25) is 10.0 Å². The third-order valence-corrected chi connectivity index (χ3v) is 9.04. The van der Waals surface area contributed by atoms with Crippen LogP contribution in [0.3, 0.4) is 0 Å². The van der Waals surface area contributed by atoms with E-state index in [9.17, 15) is 18.0 Å². The molecular formula is C27H28Cl2IN3O4S. The Kier molecular flexibility index (Phi) is 10.8. The minimum atomic E-state index is -4.10. The van der Waals surface area contributed by atoms with Crippen LogP contribution in [-0.4, -0.2) is 44.3 Å². The second kappa shape index (κ2) is 13.6. The first-order valence-corrected chi connectivity index (χ1v) is 15.2. The molecule has 0 aliphatic carbocycles. The number of nitrogens with one attached hydrogen (secondary N) is 1. The Balaban J connectivity index is 2.05. The predicted octanol–water partition coefficient (Wildman–Crippen LogP) is 5.74. The van der Waals surface area contributed by atoms with E-state index in [1.54, 1.807) is 74.5 Å². The molecule has 0 saturated heterocycles. The average Bonchev–Trinajstić information content (AvgIpc) is 2.90. The number of likely N-dealkylation sites (N-methyl/N-ethyl adjacent to an activating group) is 1. The van der Waals surface area contributed by atoms with Gasteiger partial charge in [-0.05, 0) is 90.0 Å². The van der Waals surface area contributed by atoms with Crippen molar-refractivity contribution in [2.45, 2.75) is 37.8 Å². The maximum Gasteiger partial charge on any atom is 0.264 e. The lowest BCUT2D eigenvalue weighted by Crippen LogP contribution is -2.52. The van der Waals surface area contributed by atoms with Gasteiger partial charge in [-0.2, -0.15) is 0 Å². The lowest BCUT2D eigenvalue weighted by Gasteiger charge is -2.33. The van der Waals surface area contributed by atoms with E-state index in [2.05, 4.69) is 27.9 Å². The van der Waals surface area contributed by atoms with Crippen LogP contribution in [0.15, 0.2) is 77.7 Å². The molecular weight excluding hydrogens is 660 g/mol. The van der Waals surface area contributed by atoms with Gasteiger partial charge in [0.25, 0.3) is 10.0 Å². The van der Waals surface area contributed by atoms with E-state index in [-0.39, 0.29) is 17.3 Å². The van der Waals surface area contributed by atoms with Crippen LogP contribution in [0.5, 0.6) is 0 Å². The summed E-state index contributed by atoms with van der Waals surface area (Å²) in [5.74, 6) is -0.859. The number of benzene rings is 3. The van der Waals surface area contributed by atoms with E-state index in [0.29, 0.717) is 34.3 Å². The molecule has 0 heterocycles. The van der Waals surface area contributed by atoms with Crippen LogP contribution in [0.1, 0.15) is 25.8 Å². The summed E-state index contributed by atoms with van der Waals surface area (Å²) >= 11 is 14.4. The van der Waals surface area contributed by atoms with E-state index in [4.69, 9.17) is 23.2 Å². The number of rotatable bonds is 11. The number of hydrogen-bond acceptors (Lipinski definition) is 4. The van der Waals surface area contributed by atoms with Crippen LogP contribution < -0.4 is 9.62 Å².